The number of halogens is 1. The van der Waals surface area contributed by atoms with Gasteiger partial charge in [0.15, 0.2) is 0 Å². The van der Waals surface area contributed by atoms with Crippen LogP contribution in [-0.4, -0.2) is 28.3 Å². The highest BCUT2D eigenvalue weighted by Gasteiger charge is 2.18. The first-order chi connectivity index (χ1) is 11.9. The molecule has 2 rings (SSSR count). The van der Waals surface area contributed by atoms with Crippen LogP contribution in [0.5, 0.6) is 11.5 Å². The number of benzene rings is 2. The normalized spacial score (nSPS) is 11.5. The third-order valence-corrected chi connectivity index (χ3v) is 5.11. The van der Waals surface area contributed by atoms with Gasteiger partial charge in [0.1, 0.15) is 16.4 Å². The Balaban J connectivity index is 2.18. The van der Waals surface area contributed by atoms with Gasteiger partial charge < -0.3 is 9.47 Å². The van der Waals surface area contributed by atoms with Crippen molar-refractivity contribution < 1.29 is 17.9 Å². The summed E-state index contributed by atoms with van der Waals surface area (Å²) in [5, 5.41) is 3.83. The molecule has 0 atom stereocenters. The zero-order valence-electron chi connectivity index (χ0n) is 14.1. The molecule has 0 unspecified atom stereocenters. The lowest BCUT2D eigenvalue weighted by molar-refractivity contribution is 0.338. The minimum Gasteiger partial charge on any atom is -0.495 e. The molecule has 0 aromatic heterocycles. The van der Waals surface area contributed by atoms with Crippen LogP contribution in [0.25, 0.3) is 0 Å². The summed E-state index contributed by atoms with van der Waals surface area (Å²) in [5.74, 6) is 0.974. The molecule has 0 radical (unpaired) electrons. The molecule has 134 valence electrons. The summed E-state index contributed by atoms with van der Waals surface area (Å²) in [4.78, 5) is 2.24. The second-order valence-electron chi connectivity index (χ2n) is 5.13. The molecule has 0 saturated carbocycles. The molecule has 0 aliphatic carbocycles. The lowest BCUT2D eigenvalue weighted by atomic mass is 10.2. The second kappa shape index (κ2) is 8.35. The predicted octanol–water partition coefficient (Wildman–Crippen LogP) is 3.48. The molecule has 0 saturated heterocycles. The number of nitrogens with zero attached hydrogens (tertiary/aromatic N) is 1. The Morgan fingerprint density at radius 1 is 1.20 bits per heavy atom. The fourth-order valence-corrected chi connectivity index (χ4v) is 3.64. The Labute approximate surface area is 156 Å². The highest BCUT2D eigenvalue weighted by molar-refractivity contribution is 9.10. The molecule has 0 bridgehead atoms. The van der Waals surface area contributed by atoms with E-state index in [4.69, 9.17) is 9.47 Å². The van der Waals surface area contributed by atoms with Crippen molar-refractivity contribution in [3.8, 4) is 11.5 Å². The maximum absolute atomic E-state index is 12.4. The number of hydrazone groups is 1. The van der Waals surface area contributed by atoms with Crippen molar-refractivity contribution in [2.75, 3.05) is 13.7 Å². The van der Waals surface area contributed by atoms with E-state index in [0.29, 0.717) is 17.9 Å². The van der Waals surface area contributed by atoms with E-state index in [1.54, 1.807) is 37.3 Å². The summed E-state index contributed by atoms with van der Waals surface area (Å²) < 4.78 is 36.2. The largest absolute Gasteiger partial charge is 0.495 e. The van der Waals surface area contributed by atoms with E-state index in [9.17, 15) is 8.42 Å². The van der Waals surface area contributed by atoms with Crippen LogP contribution in [0.1, 0.15) is 18.1 Å². The zero-order valence-corrected chi connectivity index (χ0v) is 16.5. The number of hydrogen-bond donors (Lipinski definition) is 1. The molecular weight excluding hydrogens is 408 g/mol. The van der Waals surface area contributed by atoms with E-state index in [-0.39, 0.29) is 10.6 Å². The number of methoxy groups -OCH3 is 1. The summed E-state index contributed by atoms with van der Waals surface area (Å²) in [6.07, 6.45) is 1.42. The van der Waals surface area contributed by atoms with Gasteiger partial charge in [0, 0.05) is 0 Å². The van der Waals surface area contributed by atoms with Crippen LogP contribution >= 0.6 is 15.9 Å². The van der Waals surface area contributed by atoms with Crippen molar-refractivity contribution in [1.29, 1.82) is 0 Å². The van der Waals surface area contributed by atoms with Crippen LogP contribution in [-0.2, 0) is 10.0 Å². The molecule has 0 heterocycles. The van der Waals surface area contributed by atoms with Gasteiger partial charge in [0.25, 0.3) is 10.0 Å². The van der Waals surface area contributed by atoms with Gasteiger partial charge in [0.05, 0.1) is 24.4 Å². The third-order valence-electron chi connectivity index (χ3n) is 3.25. The van der Waals surface area contributed by atoms with Crippen LogP contribution in [0.2, 0.25) is 0 Å². The zero-order chi connectivity index (χ0) is 18.4. The number of sulfonamides is 1. The molecule has 0 fully saturated rings. The van der Waals surface area contributed by atoms with Gasteiger partial charge >= 0.3 is 0 Å². The standard InChI is InChI=1S/C17H19BrN2O4S/c1-4-24-15-8-6-13(10-14(15)18)11-19-20-25(21,22)17-9-12(2)5-7-16(17)23-3/h5-11,20H,4H2,1-3H3/b19-11+. The SMILES string of the molecule is CCOc1ccc(/C=N/NS(=O)(=O)c2cc(C)ccc2OC)cc1Br. The maximum Gasteiger partial charge on any atom is 0.280 e. The number of aryl methyl sites for hydroxylation is 1. The summed E-state index contributed by atoms with van der Waals surface area (Å²) in [6.45, 7) is 4.26. The Bertz CT molecular complexity index is 882. The Hall–Kier alpha value is -2.06. The summed E-state index contributed by atoms with van der Waals surface area (Å²) >= 11 is 3.40. The highest BCUT2D eigenvalue weighted by atomic mass is 79.9. The van der Waals surface area contributed by atoms with E-state index < -0.39 is 10.0 Å². The Kier molecular flexibility index (Phi) is 6.44. The maximum atomic E-state index is 12.4. The molecule has 0 aliphatic heterocycles. The van der Waals surface area contributed by atoms with Crippen molar-refractivity contribution in [1.82, 2.24) is 4.83 Å². The monoisotopic (exact) mass is 426 g/mol. The van der Waals surface area contributed by atoms with Gasteiger partial charge in [-0.05, 0) is 71.2 Å². The topological polar surface area (TPSA) is 77.0 Å². The lowest BCUT2D eigenvalue weighted by Crippen LogP contribution is -2.19. The molecule has 0 aliphatic rings. The smallest absolute Gasteiger partial charge is 0.280 e. The van der Waals surface area contributed by atoms with Crippen molar-refractivity contribution >= 4 is 32.2 Å². The highest BCUT2D eigenvalue weighted by Crippen LogP contribution is 2.26. The van der Waals surface area contributed by atoms with E-state index in [0.717, 1.165) is 10.0 Å². The first-order valence-electron chi connectivity index (χ1n) is 7.49. The number of rotatable bonds is 7. The van der Waals surface area contributed by atoms with Crippen LogP contribution in [0.4, 0.5) is 0 Å². The van der Waals surface area contributed by atoms with Crippen molar-refractivity contribution in [3.05, 3.63) is 52.0 Å². The first kappa shape index (κ1) is 19.3. The number of nitrogens with one attached hydrogen (secondary N) is 1. The van der Waals surface area contributed by atoms with Crippen molar-refractivity contribution in [2.24, 2.45) is 5.10 Å². The van der Waals surface area contributed by atoms with Gasteiger partial charge in [0.2, 0.25) is 0 Å². The van der Waals surface area contributed by atoms with E-state index in [1.807, 2.05) is 6.92 Å². The molecule has 8 heteroatoms. The minimum absolute atomic E-state index is 0.0417. The quantitative estimate of drug-likeness (QED) is 0.542. The fraction of sp³-hybridized carbons (Fsp3) is 0.235. The number of hydrogen-bond acceptors (Lipinski definition) is 5. The van der Waals surface area contributed by atoms with Crippen LogP contribution in [0.15, 0.2) is 50.9 Å². The molecular formula is C17H19BrN2O4S. The Morgan fingerprint density at radius 3 is 2.56 bits per heavy atom. The summed E-state index contributed by atoms with van der Waals surface area (Å²) in [5.41, 5.74) is 1.52. The predicted molar refractivity (Wildman–Crippen MR) is 101 cm³/mol. The molecule has 6 nitrogen and oxygen atoms in total. The van der Waals surface area contributed by atoms with E-state index in [1.165, 1.54) is 19.4 Å². The second-order valence-corrected chi connectivity index (χ2v) is 7.61. The fourth-order valence-electron chi connectivity index (χ4n) is 2.08. The number of ether oxygens (including phenoxy) is 2. The summed E-state index contributed by atoms with van der Waals surface area (Å²) in [6, 6.07) is 10.3. The molecule has 1 N–H and O–H groups in total. The van der Waals surface area contributed by atoms with Crippen LogP contribution < -0.4 is 14.3 Å². The lowest BCUT2D eigenvalue weighted by Gasteiger charge is -2.09. The molecule has 2 aromatic rings. The van der Waals surface area contributed by atoms with Crippen LogP contribution in [0, 0.1) is 6.92 Å². The van der Waals surface area contributed by atoms with Gasteiger partial charge in [-0.15, -0.1) is 0 Å². The molecule has 0 amide bonds. The molecule has 2 aromatic carbocycles. The summed E-state index contributed by atoms with van der Waals surface area (Å²) in [7, 11) is -2.41. The molecule has 0 spiro atoms. The van der Waals surface area contributed by atoms with E-state index >= 15 is 0 Å². The average molecular weight is 427 g/mol. The van der Waals surface area contributed by atoms with Gasteiger partial charge in [-0.3, -0.25) is 0 Å². The first-order valence-corrected chi connectivity index (χ1v) is 9.77. The van der Waals surface area contributed by atoms with Gasteiger partial charge in [-0.1, -0.05) is 6.07 Å². The Morgan fingerprint density at radius 2 is 1.92 bits per heavy atom. The average Bonchev–Trinajstić information content (AvgIpc) is 2.57. The van der Waals surface area contributed by atoms with Crippen molar-refractivity contribution in [3.63, 3.8) is 0 Å². The van der Waals surface area contributed by atoms with Gasteiger partial charge in [-0.2, -0.15) is 18.4 Å². The molecule has 25 heavy (non-hydrogen) atoms. The van der Waals surface area contributed by atoms with E-state index in [2.05, 4.69) is 25.9 Å². The third kappa shape index (κ3) is 4.96. The van der Waals surface area contributed by atoms with Gasteiger partial charge in [-0.25, -0.2) is 0 Å². The minimum atomic E-state index is -3.83. The van der Waals surface area contributed by atoms with Crippen molar-refractivity contribution in [2.45, 2.75) is 18.7 Å². The van der Waals surface area contributed by atoms with Crippen LogP contribution in [0.3, 0.4) is 0 Å².